The van der Waals surface area contributed by atoms with E-state index in [1.54, 1.807) is 0 Å². The first-order chi connectivity index (χ1) is 7.70. The third-order valence-corrected chi connectivity index (χ3v) is 4.59. The first-order valence-electron chi connectivity index (χ1n) is 5.89. The second-order valence-electron chi connectivity index (χ2n) is 4.51. The number of nitrogens with zero attached hydrogens (tertiary/aromatic N) is 1. The Morgan fingerprint density at radius 1 is 1.62 bits per heavy atom. The van der Waals surface area contributed by atoms with Crippen LogP contribution in [0.3, 0.4) is 0 Å². The lowest BCUT2D eigenvalue weighted by atomic mass is 9.80. The Balaban J connectivity index is 2.08. The Bertz CT molecular complexity index is 375. The zero-order valence-corrected chi connectivity index (χ0v) is 10.3. The van der Waals surface area contributed by atoms with E-state index in [1.807, 2.05) is 0 Å². The Morgan fingerprint density at radius 2 is 2.44 bits per heavy atom. The van der Waals surface area contributed by atoms with E-state index in [0.29, 0.717) is 10.8 Å². The molecule has 1 heterocycles. The molecule has 2 rings (SSSR count). The molecule has 0 bridgehead atoms. The molecular weight excluding hydrogens is 222 g/mol. The second kappa shape index (κ2) is 4.95. The quantitative estimate of drug-likeness (QED) is 0.878. The highest BCUT2D eigenvalue weighted by atomic mass is 32.1. The van der Waals surface area contributed by atoms with Gasteiger partial charge in [0.2, 0.25) is 0 Å². The van der Waals surface area contributed by atoms with E-state index in [0.717, 1.165) is 10.9 Å². The Kier molecular flexibility index (Phi) is 3.59. The number of hydrogen-bond acceptors (Lipinski definition) is 3. The summed E-state index contributed by atoms with van der Waals surface area (Å²) >= 11 is 1.35. The summed E-state index contributed by atoms with van der Waals surface area (Å²) in [6, 6.07) is 0. The molecule has 1 fully saturated rings. The van der Waals surface area contributed by atoms with Gasteiger partial charge in [0.05, 0.1) is 11.2 Å². The van der Waals surface area contributed by atoms with Crippen LogP contribution in [0.25, 0.3) is 0 Å². The van der Waals surface area contributed by atoms with Crippen molar-refractivity contribution >= 4 is 17.3 Å². The minimum absolute atomic E-state index is 0.369. The Hall–Kier alpha value is -0.900. The van der Waals surface area contributed by atoms with E-state index in [4.69, 9.17) is 5.11 Å². The fraction of sp³-hybridized carbons (Fsp3) is 0.667. The molecule has 0 amide bonds. The first kappa shape index (κ1) is 11.6. The minimum Gasteiger partial charge on any atom is -0.477 e. The number of aromatic nitrogens is 1. The van der Waals surface area contributed by atoms with Crippen LogP contribution >= 0.6 is 11.3 Å². The smallest absolute Gasteiger partial charge is 0.347 e. The fourth-order valence-corrected chi connectivity index (χ4v) is 3.37. The van der Waals surface area contributed by atoms with Crippen LogP contribution in [0.1, 0.15) is 59.6 Å². The molecule has 1 aromatic heterocycles. The molecule has 16 heavy (non-hydrogen) atoms. The average Bonchev–Trinajstić information content (AvgIpc) is 2.78. The maximum absolute atomic E-state index is 10.8. The average molecular weight is 239 g/mol. The molecule has 0 saturated heterocycles. The molecule has 0 aromatic carbocycles. The van der Waals surface area contributed by atoms with Gasteiger partial charge in [-0.1, -0.05) is 26.2 Å². The number of carbonyl (C=O) groups is 1. The normalized spacial score (nSPS) is 25.6. The molecule has 1 aromatic rings. The zero-order valence-electron chi connectivity index (χ0n) is 9.48. The lowest BCUT2D eigenvalue weighted by Gasteiger charge is -2.26. The van der Waals surface area contributed by atoms with Gasteiger partial charge in [-0.3, -0.25) is 0 Å². The Morgan fingerprint density at radius 3 is 3.06 bits per heavy atom. The van der Waals surface area contributed by atoms with Crippen molar-refractivity contribution in [1.82, 2.24) is 4.98 Å². The van der Waals surface area contributed by atoms with Crippen molar-refractivity contribution in [2.75, 3.05) is 0 Å². The predicted octanol–water partition coefficient (Wildman–Crippen LogP) is 3.53. The fourth-order valence-electron chi connectivity index (χ4n) is 2.46. The second-order valence-corrected chi connectivity index (χ2v) is 5.57. The topological polar surface area (TPSA) is 50.2 Å². The summed E-state index contributed by atoms with van der Waals surface area (Å²) in [6.45, 7) is 2.23. The highest BCUT2D eigenvalue weighted by Crippen LogP contribution is 2.38. The van der Waals surface area contributed by atoms with Crippen molar-refractivity contribution in [2.24, 2.45) is 5.92 Å². The molecule has 4 heteroatoms. The van der Waals surface area contributed by atoms with Gasteiger partial charge in [-0.05, 0) is 18.8 Å². The van der Waals surface area contributed by atoms with Crippen molar-refractivity contribution < 1.29 is 9.90 Å². The van der Waals surface area contributed by atoms with E-state index in [1.165, 1.54) is 49.6 Å². The molecule has 1 aliphatic carbocycles. The van der Waals surface area contributed by atoms with Crippen LogP contribution in [0.2, 0.25) is 0 Å². The maximum atomic E-state index is 10.8. The summed E-state index contributed by atoms with van der Waals surface area (Å²) in [4.78, 5) is 15.4. The SMILES string of the molecule is CCC1CCCC(c2ncc(C(=O)O)s2)C1. The van der Waals surface area contributed by atoms with Crippen LogP contribution in [0.4, 0.5) is 0 Å². The van der Waals surface area contributed by atoms with Crippen LogP contribution in [-0.2, 0) is 0 Å². The van der Waals surface area contributed by atoms with Crippen molar-refractivity contribution in [3.8, 4) is 0 Å². The maximum Gasteiger partial charge on any atom is 0.347 e. The molecule has 3 nitrogen and oxygen atoms in total. The van der Waals surface area contributed by atoms with Gasteiger partial charge in [0.1, 0.15) is 4.88 Å². The third-order valence-electron chi connectivity index (χ3n) is 3.44. The number of carboxylic acids is 1. The van der Waals surface area contributed by atoms with Crippen LogP contribution in [0, 0.1) is 5.92 Å². The van der Waals surface area contributed by atoms with Crippen LogP contribution in [0.15, 0.2) is 6.20 Å². The molecule has 0 aliphatic heterocycles. The van der Waals surface area contributed by atoms with E-state index < -0.39 is 5.97 Å². The highest BCUT2D eigenvalue weighted by Gasteiger charge is 2.24. The van der Waals surface area contributed by atoms with Gasteiger partial charge in [0, 0.05) is 5.92 Å². The summed E-state index contributed by atoms with van der Waals surface area (Å²) in [6.07, 6.45) is 7.66. The zero-order chi connectivity index (χ0) is 11.5. The summed E-state index contributed by atoms with van der Waals surface area (Å²) in [7, 11) is 0. The highest BCUT2D eigenvalue weighted by molar-refractivity contribution is 7.13. The summed E-state index contributed by atoms with van der Waals surface area (Å²) in [5.41, 5.74) is 0. The number of aromatic carboxylic acids is 1. The van der Waals surface area contributed by atoms with Gasteiger partial charge in [-0.15, -0.1) is 11.3 Å². The van der Waals surface area contributed by atoms with E-state index >= 15 is 0 Å². The number of rotatable bonds is 3. The Labute approximate surface area is 99.5 Å². The van der Waals surface area contributed by atoms with Gasteiger partial charge < -0.3 is 5.11 Å². The lowest BCUT2D eigenvalue weighted by molar-refractivity contribution is 0.0702. The predicted molar refractivity (Wildman–Crippen MR) is 64.1 cm³/mol. The molecule has 88 valence electrons. The molecule has 0 spiro atoms. The molecule has 2 unspecified atom stereocenters. The van der Waals surface area contributed by atoms with Crippen LogP contribution in [-0.4, -0.2) is 16.1 Å². The van der Waals surface area contributed by atoms with Crippen LogP contribution in [0.5, 0.6) is 0 Å². The van der Waals surface area contributed by atoms with Crippen molar-refractivity contribution in [3.63, 3.8) is 0 Å². The van der Waals surface area contributed by atoms with Crippen molar-refractivity contribution in [3.05, 3.63) is 16.1 Å². The van der Waals surface area contributed by atoms with E-state index in [2.05, 4.69) is 11.9 Å². The van der Waals surface area contributed by atoms with E-state index in [-0.39, 0.29) is 0 Å². The molecule has 2 atom stereocenters. The monoisotopic (exact) mass is 239 g/mol. The number of hydrogen-bond donors (Lipinski definition) is 1. The molecule has 0 radical (unpaired) electrons. The van der Waals surface area contributed by atoms with Crippen molar-refractivity contribution in [1.29, 1.82) is 0 Å². The summed E-state index contributed by atoms with van der Waals surface area (Å²) in [5, 5.41) is 9.89. The molecular formula is C12H17NO2S. The van der Waals surface area contributed by atoms with Gasteiger partial charge >= 0.3 is 5.97 Å². The first-order valence-corrected chi connectivity index (χ1v) is 6.71. The van der Waals surface area contributed by atoms with Gasteiger partial charge in [-0.2, -0.15) is 0 Å². The minimum atomic E-state index is -0.855. The number of carboxylic acid groups (broad SMARTS) is 1. The standard InChI is InChI=1S/C12H17NO2S/c1-2-8-4-3-5-9(6-8)11-13-7-10(16-11)12(14)15/h7-9H,2-6H2,1H3,(H,14,15). The molecule has 1 aliphatic rings. The molecule has 1 N–H and O–H groups in total. The van der Waals surface area contributed by atoms with Crippen molar-refractivity contribution in [2.45, 2.75) is 44.9 Å². The lowest BCUT2D eigenvalue weighted by Crippen LogP contribution is -2.13. The van der Waals surface area contributed by atoms with E-state index in [9.17, 15) is 4.79 Å². The van der Waals surface area contributed by atoms with Gasteiger partial charge in [0.25, 0.3) is 0 Å². The largest absolute Gasteiger partial charge is 0.477 e. The number of thiazole rings is 1. The summed E-state index contributed by atoms with van der Waals surface area (Å²) in [5.74, 6) is 0.444. The molecule has 1 saturated carbocycles. The summed E-state index contributed by atoms with van der Waals surface area (Å²) < 4.78 is 0. The van der Waals surface area contributed by atoms with Gasteiger partial charge in [0.15, 0.2) is 0 Å². The third kappa shape index (κ3) is 2.43. The van der Waals surface area contributed by atoms with Gasteiger partial charge in [-0.25, -0.2) is 9.78 Å². The van der Waals surface area contributed by atoms with Crippen LogP contribution < -0.4 is 0 Å².